The normalized spacial score (nSPS) is 20.7. The molecule has 6 heteroatoms. The minimum atomic E-state index is -0.123. The van der Waals surface area contributed by atoms with Crippen molar-refractivity contribution in [2.75, 3.05) is 0 Å². The van der Waals surface area contributed by atoms with Crippen molar-refractivity contribution in [1.29, 1.82) is 0 Å². The molecule has 4 aromatic rings. The average molecular weight is 409 g/mol. The van der Waals surface area contributed by atoms with Crippen molar-refractivity contribution < 1.29 is 4.39 Å². The Morgan fingerprint density at radius 2 is 1.83 bits per heavy atom. The molecular weight excluding hydrogens is 387 g/mol. The van der Waals surface area contributed by atoms with Gasteiger partial charge < -0.3 is 21.0 Å². The van der Waals surface area contributed by atoms with Crippen LogP contribution in [0, 0.1) is 5.82 Å². The van der Waals surface area contributed by atoms with Crippen LogP contribution < -0.4 is 11.1 Å². The van der Waals surface area contributed by atoms with Gasteiger partial charge >= 0.3 is 0 Å². The van der Waals surface area contributed by atoms with Gasteiger partial charge in [0.05, 0.1) is 5.52 Å². The van der Waals surface area contributed by atoms with E-state index in [2.05, 4.69) is 27.5 Å². The second-order valence-corrected chi connectivity index (χ2v) is 8.88. The Labute approximate surface area is 172 Å². The van der Waals surface area contributed by atoms with Crippen LogP contribution in [-0.2, 0) is 32.2 Å². The molecule has 0 amide bonds. The molecule has 2 heterocycles. The average Bonchev–Trinajstić information content (AvgIpc) is 3.30. The second kappa shape index (κ2) is 6.33. The van der Waals surface area contributed by atoms with E-state index in [1.165, 1.54) is 22.1 Å². The smallest absolute Gasteiger partial charge is 0.127 e. The highest BCUT2D eigenvalue weighted by Gasteiger charge is 2.26. The third-order valence-electron chi connectivity index (χ3n) is 6.60. The molecule has 0 fully saturated rings. The molecule has 6 rings (SSSR count). The number of rotatable bonds is 3. The highest BCUT2D eigenvalue weighted by Crippen LogP contribution is 2.36. The first-order valence-corrected chi connectivity index (χ1v) is 10.5. The van der Waals surface area contributed by atoms with Gasteiger partial charge in [-0.25, -0.2) is 4.39 Å². The first-order chi connectivity index (χ1) is 14.1. The molecule has 148 valence electrons. The summed E-state index contributed by atoms with van der Waals surface area (Å²) in [6, 6.07) is 5.77. The van der Waals surface area contributed by atoms with Crippen molar-refractivity contribution in [2.45, 2.75) is 44.3 Å². The predicted molar refractivity (Wildman–Crippen MR) is 115 cm³/mol. The van der Waals surface area contributed by atoms with Gasteiger partial charge in [-0.2, -0.15) is 0 Å². The van der Waals surface area contributed by atoms with Crippen molar-refractivity contribution in [3.63, 3.8) is 0 Å². The molecule has 5 N–H and O–H groups in total. The summed E-state index contributed by atoms with van der Waals surface area (Å²) >= 11 is 6.67. The maximum absolute atomic E-state index is 14.5. The highest BCUT2D eigenvalue weighted by molar-refractivity contribution is 6.32. The first kappa shape index (κ1) is 17.5. The number of aromatic nitrogens is 2. The van der Waals surface area contributed by atoms with Crippen LogP contribution in [0.15, 0.2) is 30.6 Å². The van der Waals surface area contributed by atoms with Gasteiger partial charge in [0.15, 0.2) is 0 Å². The van der Waals surface area contributed by atoms with Gasteiger partial charge in [-0.15, -0.1) is 0 Å². The number of aromatic amines is 2. The van der Waals surface area contributed by atoms with Crippen LogP contribution in [0.5, 0.6) is 0 Å². The quantitative estimate of drug-likeness (QED) is 0.412. The maximum atomic E-state index is 14.5. The van der Waals surface area contributed by atoms with E-state index >= 15 is 0 Å². The molecule has 2 aliphatic carbocycles. The zero-order valence-electron chi connectivity index (χ0n) is 15.9. The van der Waals surface area contributed by atoms with E-state index < -0.39 is 0 Å². The van der Waals surface area contributed by atoms with E-state index in [0.29, 0.717) is 13.0 Å². The lowest BCUT2D eigenvalue weighted by Crippen LogP contribution is -2.35. The summed E-state index contributed by atoms with van der Waals surface area (Å²) in [6.07, 6.45) is 7.38. The number of hydrogen-bond donors (Lipinski definition) is 4. The van der Waals surface area contributed by atoms with Gasteiger partial charge in [0.25, 0.3) is 0 Å². The Morgan fingerprint density at radius 3 is 2.72 bits per heavy atom. The van der Waals surface area contributed by atoms with E-state index in [0.717, 1.165) is 51.8 Å². The van der Waals surface area contributed by atoms with Gasteiger partial charge in [-0.1, -0.05) is 11.6 Å². The minimum absolute atomic E-state index is 0.123. The van der Waals surface area contributed by atoms with E-state index in [9.17, 15) is 4.39 Å². The summed E-state index contributed by atoms with van der Waals surface area (Å²) in [5.41, 5.74) is 13.9. The van der Waals surface area contributed by atoms with E-state index in [4.69, 9.17) is 17.3 Å². The Kier molecular flexibility index (Phi) is 3.82. The van der Waals surface area contributed by atoms with Crippen molar-refractivity contribution in [1.82, 2.24) is 15.3 Å². The molecule has 0 saturated heterocycles. The third-order valence-corrected chi connectivity index (χ3v) is 6.94. The molecule has 0 radical (unpaired) electrons. The van der Waals surface area contributed by atoms with Gasteiger partial charge in [0, 0.05) is 57.9 Å². The number of halogens is 2. The number of nitrogens with one attached hydrogen (secondary N) is 3. The molecule has 0 saturated carbocycles. The van der Waals surface area contributed by atoms with Crippen molar-refractivity contribution in [3.8, 4) is 0 Å². The SMILES string of the molecule is NC1Cc2c[nH]c3c(CNC4Cc5c[nH]c6ccc(F)c(c56)C4)c(Cl)cc(c23)C1. The molecule has 0 aliphatic heterocycles. The lowest BCUT2D eigenvalue weighted by Gasteiger charge is -2.25. The third kappa shape index (κ3) is 2.65. The Balaban J connectivity index is 1.31. The molecule has 0 bridgehead atoms. The number of H-pyrrole nitrogens is 2. The van der Waals surface area contributed by atoms with E-state index in [-0.39, 0.29) is 17.9 Å². The molecule has 0 spiro atoms. The topological polar surface area (TPSA) is 69.6 Å². The summed E-state index contributed by atoms with van der Waals surface area (Å²) < 4.78 is 14.5. The molecule has 2 aromatic heterocycles. The maximum Gasteiger partial charge on any atom is 0.127 e. The fourth-order valence-electron chi connectivity index (χ4n) is 5.31. The van der Waals surface area contributed by atoms with Crippen molar-refractivity contribution in [2.24, 2.45) is 5.73 Å². The predicted octanol–water partition coefficient (Wildman–Crippen LogP) is 4.12. The van der Waals surface area contributed by atoms with Crippen LogP contribution >= 0.6 is 11.6 Å². The zero-order chi connectivity index (χ0) is 19.7. The number of hydrogen-bond acceptors (Lipinski definition) is 2. The molecule has 2 atom stereocenters. The van der Waals surface area contributed by atoms with Gasteiger partial charge in [-0.3, -0.25) is 0 Å². The van der Waals surface area contributed by atoms with Crippen LogP contribution in [0.4, 0.5) is 4.39 Å². The molecule has 2 unspecified atom stereocenters. The Hall–Kier alpha value is -2.34. The van der Waals surface area contributed by atoms with Gasteiger partial charge in [0.1, 0.15) is 5.82 Å². The first-order valence-electron chi connectivity index (χ1n) is 10.1. The minimum Gasteiger partial charge on any atom is -0.361 e. The molecule has 4 nitrogen and oxygen atoms in total. The van der Waals surface area contributed by atoms with Crippen LogP contribution in [0.3, 0.4) is 0 Å². The molecular formula is C23H22ClFN4. The summed E-state index contributed by atoms with van der Waals surface area (Å²) in [5.74, 6) is -0.123. The van der Waals surface area contributed by atoms with Crippen LogP contribution in [0.2, 0.25) is 5.02 Å². The van der Waals surface area contributed by atoms with Gasteiger partial charge in [0.2, 0.25) is 0 Å². The van der Waals surface area contributed by atoms with Crippen molar-refractivity contribution in [3.05, 3.63) is 69.2 Å². The Bertz CT molecular complexity index is 1270. The fourth-order valence-corrected chi connectivity index (χ4v) is 5.61. The zero-order valence-corrected chi connectivity index (χ0v) is 16.7. The standard InChI is InChI=1S/C23H22ClFN4/c24-18-6-11-3-14(26)4-12-9-29-23(21(11)12)17(18)10-27-15-5-13-8-28-20-2-1-19(25)16(7-15)22(13)20/h1-2,6,8-9,14-15,27-29H,3-5,7,10,26H2. The summed E-state index contributed by atoms with van der Waals surface area (Å²) in [6.45, 7) is 0.642. The number of benzene rings is 2. The van der Waals surface area contributed by atoms with Crippen LogP contribution in [0.25, 0.3) is 21.8 Å². The number of nitrogens with two attached hydrogens (primary N) is 1. The fraction of sp³-hybridized carbons (Fsp3) is 0.304. The summed E-state index contributed by atoms with van der Waals surface area (Å²) in [4.78, 5) is 6.70. The molecule has 2 aliphatic rings. The highest BCUT2D eigenvalue weighted by atomic mass is 35.5. The molecule has 29 heavy (non-hydrogen) atoms. The van der Waals surface area contributed by atoms with Gasteiger partial charge in [-0.05, 0) is 66.1 Å². The monoisotopic (exact) mass is 408 g/mol. The van der Waals surface area contributed by atoms with Crippen molar-refractivity contribution >= 4 is 33.4 Å². The van der Waals surface area contributed by atoms with Crippen LogP contribution in [-0.4, -0.2) is 22.1 Å². The Morgan fingerprint density at radius 1 is 1.03 bits per heavy atom. The lowest BCUT2D eigenvalue weighted by atomic mass is 9.88. The van der Waals surface area contributed by atoms with E-state index in [1.807, 2.05) is 12.3 Å². The summed E-state index contributed by atoms with van der Waals surface area (Å²) in [7, 11) is 0. The lowest BCUT2D eigenvalue weighted by molar-refractivity contribution is 0.488. The largest absolute Gasteiger partial charge is 0.361 e. The summed E-state index contributed by atoms with van der Waals surface area (Å²) in [5, 5.41) is 6.73. The van der Waals surface area contributed by atoms with E-state index in [1.54, 1.807) is 6.07 Å². The second-order valence-electron chi connectivity index (χ2n) is 8.48. The molecule has 2 aromatic carbocycles. The van der Waals surface area contributed by atoms with Crippen LogP contribution in [0.1, 0.15) is 27.8 Å².